The van der Waals surface area contributed by atoms with Crippen molar-refractivity contribution < 1.29 is 17.6 Å². The van der Waals surface area contributed by atoms with Crippen molar-refractivity contribution in [1.29, 1.82) is 0 Å². The van der Waals surface area contributed by atoms with Gasteiger partial charge >= 0.3 is 0 Å². The minimum atomic E-state index is -4.06. The van der Waals surface area contributed by atoms with E-state index < -0.39 is 16.1 Å². The van der Waals surface area contributed by atoms with E-state index in [4.69, 9.17) is 0 Å². The molecule has 3 heterocycles. The van der Waals surface area contributed by atoms with E-state index in [1.165, 1.54) is 34.5 Å². The molecule has 1 aliphatic rings. The quantitative estimate of drug-likeness (QED) is 0.316. The van der Waals surface area contributed by atoms with Gasteiger partial charge in [0.1, 0.15) is 5.82 Å². The van der Waals surface area contributed by atoms with Gasteiger partial charge in [-0.25, -0.2) is 17.5 Å². The first-order valence-electron chi connectivity index (χ1n) is 12.6. The first-order valence-corrected chi connectivity index (χ1v) is 14.1. The Balaban J connectivity index is 1.43. The Morgan fingerprint density at radius 3 is 2.45 bits per heavy atom. The molecule has 2 aromatic heterocycles. The maximum Gasteiger partial charge on any atom is 0.264 e. The number of sulfonamides is 1. The third-order valence-electron chi connectivity index (χ3n) is 7.15. The highest BCUT2D eigenvalue weighted by molar-refractivity contribution is 7.89. The van der Waals surface area contributed by atoms with Crippen molar-refractivity contribution in [3.8, 4) is 5.69 Å². The van der Waals surface area contributed by atoms with Crippen LogP contribution in [0.4, 0.5) is 4.39 Å². The molecule has 1 aliphatic heterocycles. The van der Waals surface area contributed by atoms with E-state index in [9.17, 15) is 17.6 Å². The van der Waals surface area contributed by atoms with Crippen molar-refractivity contribution in [2.24, 2.45) is 7.05 Å². The number of amides is 1. The SMILES string of the molecule is Cc1cc2c(cnn2-c2ccc(F)cc2)cc1C1CN(S(=O)(=O)c2cnn(C)n2)CC(=O)N1Cc1ccccc1. The number of aromatic nitrogens is 5. The molecule has 6 rings (SSSR count). The van der Waals surface area contributed by atoms with Gasteiger partial charge in [0.2, 0.25) is 10.9 Å². The standard InChI is InChI=1S/C28H26FN7O3S/c1-19-12-25-21(14-31-36(25)23-10-8-22(29)9-11-23)13-24(19)26-17-34(40(38,39)27-15-30-33(2)32-27)18-28(37)35(26)16-20-6-4-3-5-7-20/h3-15,26H,16-18H2,1-2H3. The van der Waals surface area contributed by atoms with Crippen molar-refractivity contribution in [2.75, 3.05) is 13.1 Å². The summed E-state index contributed by atoms with van der Waals surface area (Å²) in [7, 11) is -2.52. The van der Waals surface area contributed by atoms with E-state index in [0.29, 0.717) is 12.2 Å². The molecule has 5 aromatic rings. The van der Waals surface area contributed by atoms with Crippen LogP contribution in [0.25, 0.3) is 16.6 Å². The van der Waals surface area contributed by atoms with Gasteiger partial charge in [0.15, 0.2) is 0 Å². The minimum Gasteiger partial charge on any atom is -0.329 e. The van der Waals surface area contributed by atoms with Crippen LogP contribution in [0.1, 0.15) is 22.7 Å². The summed E-state index contributed by atoms with van der Waals surface area (Å²) in [5, 5.41) is 13.0. The van der Waals surface area contributed by atoms with Gasteiger partial charge in [-0.05, 0) is 60.0 Å². The maximum atomic E-state index is 13.6. The van der Waals surface area contributed by atoms with E-state index in [2.05, 4.69) is 15.3 Å². The summed E-state index contributed by atoms with van der Waals surface area (Å²) >= 11 is 0. The van der Waals surface area contributed by atoms with Crippen molar-refractivity contribution in [1.82, 2.24) is 34.0 Å². The molecular formula is C28H26FN7O3S. The lowest BCUT2D eigenvalue weighted by molar-refractivity contribution is -0.138. The number of fused-ring (bicyclic) bond motifs is 1. The topological polar surface area (TPSA) is 106 Å². The van der Waals surface area contributed by atoms with Crippen LogP contribution in [0.3, 0.4) is 0 Å². The Morgan fingerprint density at radius 2 is 1.75 bits per heavy atom. The summed E-state index contributed by atoms with van der Waals surface area (Å²) in [5.74, 6) is -0.644. The van der Waals surface area contributed by atoms with Crippen LogP contribution >= 0.6 is 0 Å². The van der Waals surface area contributed by atoms with Crippen molar-refractivity contribution in [3.05, 3.63) is 102 Å². The molecule has 0 radical (unpaired) electrons. The van der Waals surface area contributed by atoms with Gasteiger partial charge in [-0.3, -0.25) is 4.79 Å². The van der Waals surface area contributed by atoms with Crippen LogP contribution < -0.4 is 0 Å². The largest absolute Gasteiger partial charge is 0.329 e. The van der Waals surface area contributed by atoms with Gasteiger partial charge in [0, 0.05) is 25.5 Å². The Morgan fingerprint density at radius 1 is 1.00 bits per heavy atom. The first kappa shape index (κ1) is 25.8. The molecule has 0 saturated carbocycles. The number of benzene rings is 3. The van der Waals surface area contributed by atoms with E-state index in [0.717, 1.165) is 27.6 Å². The van der Waals surface area contributed by atoms with E-state index in [1.54, 1.807) is 27.9 Å². The Bertz CT molecular complexity index is 1820. The van der Waals surface area contributed by atoms with Gasteiger partial charge in [0.25, 0.3) is 10.0 Å². The zero-order chi connectivity index (χ0) is 28.0. The molecule has 3 aromatic carbocycles. The second-order valence-corrected chi connectivity index (χ2v) is 11.7. The number of rotatable bonds is 6. The molecule has 12 heteroatoms. The molecular weight excluding hydrogens is 533 g/mol. The summed E-state index contributed by atoms with van der Waals surface area (Å²) in [4.78, 5) is 16.5. The fourth-order valence-corrected chi connectivity index (χ4v) is 6.40. The molecule has 1 unspecified atom stereocenters. The third kappa shape index (κ3) is 4.65. The fraction of sp³-hybridized carbons (Fsp3) is 0.214. The number of piperazine rings is 1. The van der Waals surface area contributed by atoms with Crippen molar-refractivity contribution in [3.63, 3.8) is 0 Å². The number of carbonyl (C=O) groups is 1. The first-order chi connectivity index (χ1) is 19.2. The zero-order valence-corrected chi connectivity index (χ0v) is 22.7. The number of halogens is 1. The number of aryl methyl sites for hydroxylation is 2. The zero-order valence-electron chi connectivity index (χ0n) is 21.8. The Hall–Kier alpha value is -4.42. The van der Waals surface area contributed by atoms with Crippen LogP contribution in [0.15, 0.2) is 84.1 Å². The summed E-state index contributed by atoms with van der Waals surface area (Å²) < 4.78 is 43.3. The number of hydrogen-bond donors (Lipinski definition) is 0. The monoisotopic (exact) mass is 559 g/mol. The van der Waals surface area contributed by atoms with Gasteiger partial charge < -0.3 is 4.90 Å². The maximum absolute atomic E-state index is 13.6. The normalized spacial score (nSPS) is 16.6. The molecule has 0 N–H and O–H groups in total. The molecule has 0 bridgehead atoms. The summed E-state index contributed by atoms with van der Waals surface area (Å²) in [6, 6.07) is 19.0. The van der Waals surface area contributed by atoms with Gasteiger partial charge in [0.05, 0.1) is 36.2 Å². The molecule has 1 atom stereocenters. The molecule has 1 saturated heterocycles. The molecule has 0 spiro atoms. The molecule has 40 heavy (non-hydrogen) atoms. The second kappa shape index (κ2) is 9.96. The third-order valence-corrected chi connectivity index (χ3v) is 8.82. The fourth-order valence-electron chi connectivity index (χ4n) is 5.12. The number of carbonyl (C=O) groups excluding carboxylic acids is 1. The van der Waals surface area contributed by atoms with Gasteiger partial charge in [-0.2, -0.15) is 19.3 Å². The molecule has 204 valence electrons. The summed E-state index contributed by atoms with van der Waals surface area (Å²) in [5.41, 5.74) is 4.14. The lowest BCUT2D eigenvalue weighted by Gasteiger charge is -2.41. The van der Waals surface area contributed by atoms with Crippen LogP contribution in [-0.2, 0) is 28.4 Å². The van der Waals surface area contributed by atoms with Crippen LogP contribution in [0.5, 0.6) is 0 Å². The van der Waals surface area contributed by atoms with Gasteiger partial charge in [-0.1, -0.05) is 30.3 Å². The highest BCUT2D eigenvalue weighted by Gasteiger charge is 2.41. The van der Waals surface area contributed by atoms with E-state index in [1.807, 2.05) is 49.4 Å². The Kier molecular flexibility index (Phi) is 6.43. The molecule has 0 aliphatic carbocycles. The highest BCUT2D eigenvalue weighted by atomic mass is 32.2. The molecule has 1 fully saturated rings. The predicted octanol–water partition coefficient (Wildman–Crippen LogP) is 3.38. The van der Waals surface area contributed by atoms with Crippen LogP contribution in [-0.4, -0.2) is 61.4 Å². The highest BCUT2D eigenvalue weighted by Crippen LogP contribution is 2.34. The number of hydrogen-bond acceptors (Lipinski definition) is 6. The number of nitrogens with zero attached hydrogens (tertiary/aromatic N) is 7. The van der Waals surface area contributed by atoms with Crippen LogP contribution in [0.2, 0.25) is 0 Å². The van der Waals surface area contributed by atoms with E-state index >= 15 is 0 Å². The van der Waals surface area contributed by atoms with Crippen LogP contribution in [0, 0.1) is 12.7 Å². The van der Waals surface area contributed by atoms with Gasteiger partial charge in [-0.15, -0.1) is 5.10 Å². The lowest BCUT2D eigenvalue weighted by atomic mass is 9.96. The molecule has 10 nitrogen and oxygen atoms in total. The summed E-state index contributed by atoms with van der Waals surface area (Å²) in [6.07, 6.45) is 2.90. The average molecular weight is 560 g/mol. The molecule has 1 amide bonds. The predicted molar refractivity (Wildman–Crippen MR) is 145 cm³/mol. The minimum absolute atomic E-state index is 0.0515. The smallest absolute Gasteiger partial charge is 0.264 e. The average Bonchev–Trinajstić information content (AvgIpc) is 3.57. The van der Waals surface area contributed by atoms with Crippen molar-refractivity contribution in [2.45, 2.75) is 24.5 Å². The summed E-state index contributed by atoms with van der Waals surface area (Å²) in [6.45, 7) is 2.01. The lowest BCUT2D eigenvalue weighted by Crippen LogP contribution is -2.53. The van der Waals surface area contributed by atoms with Crippen molar-refractivity contribution >= 4 is 26.8 Å². The second-order valence-electron chi connectivity index (χ2n) is 9.79. The Labute approximate surface area is 230 Å². The van der Waals surface area contributed by atoms with E-state index in [-0.39, 0.29) is 29.8 Å².